The molecule has 1 amide bonds. The number of ether oxygens (including phenoxy) is 3. The first-order chi connectivity index (χ1) is 18.4. The van der Waals surface area contributed by atoms with Gasteiger partial charge in [-0.05, 0) is 48.9 Å². The lowest BCUT2D eigenvalue weighted by molar-refractivity contribution is -0.153. The van der Waals surface area contributed by atoms with Crippen LogP contribution in [-0.4, -0.2) is 54.4 Å². The molecule has 8 nitrogen and oxygen atoms in total. The number of aromatic hydroxyl groups is 1. The van der Waals surface area contributed by atoms with Gasteiger partial charge in [-0.3, -0.25) is 4.79 Å². The highest BCUT2D eigenvalue weighted by atomic mass is 35.5. The van der Waals surface area contributed by atoms with Crippen LogP contribution in [0.2, 0.25) is 5.02 Å². The molecule has 2 heterocycles. The third-order valence-electron chi connectivity index (χ3n) is 6.76. The summed E-state index contributed by atoms with van der Waals surface area (Å²) < 4.78 is 17.0. The predicted octanol–water partition coefficient (Wildman–Crippen LogP) is 4.23. The molecule has 0 spiro atoms. The second kappa shape index (κ2) is 12.8. The van der Waals surface area contributed by atoms with Crippen molar-refractivity contribution in [1.82, 2.24) is 10.3 Å². The third kappa shape index (κ3) is 6.82. The number of rotatable bonds is 7. The van der Waals surface area contributed by atoms with Crippen LogP contribution in [0.15, 0.2) is 66.9 Å². The van der Waals surface area contributed by atoms with Gasteiger partial charge in [0.05, 0.1) is 20.3 Å². The first-order valence-electron chi connectivity index (χ1n) is 12.4. The molecule has 2 N–H and O–H groups in total. The minimum absolute atomic E-state index is 0.0257. The molecule has 3 aromatic rings. The maximum absolute atomic E-state index is 13.2. The Morgan fingerprint density at radius 1 is 1.08 bits per heavy atom. The summed E-state index contributed by atoms with van der Waals surface area (Å²) in [6, 6.07) is 18.1. The molecule has 0 unspecified atom stereocenters. The fourth-order valence-electron chi connectivity index (χ4n) is 4.71. The summed E-state index contributed by atoms with van der Waals surface area (Å²) in [5.41, 5.74) is 1.97. The summed E-state index contributed by atoms with van der Waals surface area (Å²) >= 11 is 6.08. The number of carbonyl (C=O) groups excluding carboxylic acids is 2. The lowest BCUT2D eigenvalue weighted by atomic mass is 9.80. The van der Waals surface area contributed by atoms with E-state index in [4.69, 9.17) is 25.8 Å². The maximum atomic E-state index is 13.2. The number of carbonyl (C=O) groups is 2. The number of hydrogen-bond acceptors (Lipinski definition) is 7. The Morgan fingerprint density at radius 2 is 1.79 bits per heavy atom. The van der Waals surface area contributed by atoms with E-state index in [0.717, 1.165) is 11.1 Å². The SMILES string of the molecule is COc1ccnc(C(=O)N[C@H]2COC[C@H](Cc3ccc(Cl)cc3)[C@@H](Cc3ccccc3)[C@H](C)OC2=O)c1O. The molecule has 1 aromatic heterocycles. The van der Waals surface area contributed by atoms with E-state index in [0.29, 0.717) is 24.5 Å². The lowest BCUT2D eigenvalue weighted by Gasteiger charge is -2.31. The van der Waals surface area contributed by atoms with Gasteiger partial charge in [0.25, 0.3) is 5.91 Å². The molecule has 2 aromatic carbocycles. The number of benzene rings is 2. The van der Waals surface area contributed by atoms with Gasteiger partial charge in [-0.25, -0.2) is 9.78 Å². The molecule has 0 saturated carbocycles. The Balaban J connectivity index is 1.55. The molecular weight excluding hydrogens is 508 g/mol. The minimum Gasteiger partial charge on any atom is -0.503 e. The Hall–Kier alpha value is -3.62. The number of amides is 1. The molecule has 4 atom stereocenters. The van der Waals surface area contributed by atoms with Crippen molar-refractivity contribution >= 4 is 23.5 Å². The number of esters is 1. The quantitative estimate of drug-likeness (QED) is 0.433. The van der Waals surface area contributed by atoms with Gasteiger partial charge in [0, 0.05) is 23.2 Å². The molecule has 9 heteroatoms. The van der Waals surface area contributed by atoms with Crippen LogP contribution in [0.3, 0.4) is 0 Å². The minimum atomic E-state index is -1.08. The van der Waals surface area contributed by atoms with Gasteiger partial charge in [0.15, 0.2) is 23.2 Å². The molecule has 1 saturated heterocycles. The van der Waals surface area contributed by atoms with Gasteiger partial charge in [-0.2, -0.15) is 0 Å². The van der Waals surface area contributed by atoms with Crippen LogP contribution in [0.1, 0.15) is 28.5 Å². The Morgan fingerprint density at radius 3 is 2.50 bits per heavy atom. The van der Waals surface area contributed by atoms with Crippen LogP contribution in [0.25, 0.3) is 0 Å². The molecular formula is C29H31ClN2O6. The van der Waals surface area contributed by atoms with Crippen molar-refractivity contribution in [3.05, 3.63) is 88.7 Å². The van der Waals surface area contributed by atoms with Crippen LogP contribution < -0.4 is 10.1 Å². The van der Waals surface area contributed by atoms with Gasteiger partial charge >= 0.3 is 5.97 Å². The highest BCUT2D eigenvalue weighted by Crippen LogP contribution is 2.30. The number of methoxy groups -OCH3 is 1. The number of cyclic esters (lactones) is 1. The van der Waals surface area contributed by atoms with Crippen molar-refractivity contribution in [1.29, 1.82) is 0 Å². The van der Waals surface area contributed by atoms with Gasteiger partial charge in [-0.15, -0.1) is 0 Å². The molecule has 1 aliphatic rings. The first-order valence-corrected chi connectivity index (χ1v) is 12.8. The highest BCUT2D eigenvalue weighted by Gasteiger charge is 2.35. The van der Waals surface area contributed by atoms with Crippen molar-refractivity contribution in [3.63, 3.8) is 0 Å². The van der Waals surface area contributed by atoms with E-state index in [9.17, 15) is 14.7 Å². The van der Waals surface area contributed by atoms with Gasteiger partial charge in [0.2, 0.25) is 0 Å². The normalized spacial score (nSPS) is 21.9. The fraction of sp³-hybridized carbons (Fsp3) is 0.345. The number of hydrogen-bond donors (Lipinski definition) is 2. The summed E-state index contributed by atoms with van der Waals surface area (Å²) in [7, 11) is 1.37. The topological polar surface area (TPSA) is 107 Å². The van der Waals surface area contributed by atoms with Crippen LogP contribution in [0.5, 0.6) is 11.5 Å². The average Bonchev–Trinajstić information content (AvgIpc) is 2.96. The first kappa shape index (κ1) is 27.4. The molecule has 4 rings (SSSR count). The molecule has 38 heavy (non-hydrogen) atoms. The predicted molar refractivity (Wildman–Crippen MR) is 142 cm³/mol. The van der Waals surface area contributed by atoms with Crippen LogP contribution >= 0.6 is 11.6 Å². The van der Waals surface area contributed by atoms with E-state index >= 15 is 0 Å². The van der Waals surface area contributed by atoms with Crippen LogP contribution in [0, 0.1) is 11.8 Å². The van der Waals surface area contributed by atoms with Crippen molar-refractivity contribution in [2.24, 2.45) is 11.8 Å². The van der Waals surface area contributed by atoms with Crippen molar-refractivity contribution in [3.8, 4) is 11.5 Å². The van der Waals surface area contributed by atoms with E-state index in [1.807, 2.05) is 49.4 Å². The average molecular weight is 539 g/mol. The van der Waals surface area contributed by atoms with E-state index in [1.165, 1.54) is 19.4 Å². The second-order valence-corrected chi connectivity index (χ2v) is 9.80. The van der Waals surface area contributed by atoms with Crippen LogP contribution in [-0.2, 0) is 27.1 Å². The summed E-state index contributed by atoms with van der Waals surface area (Å²) in [6.45, 7) is 2.15. The summed E-state index contributed by atoms with van der Waals surface area (Å²) in [5.74, 6) is -1.69. The van der Waals surface area contributed by atoms with Crippen molar-refractivity contribution in [2.75, 3.05) is 20.3 Å². The zero-order valence-electron chi connectivity index (χ0n) is 21.3. The molecule has 200 valence electrons. The number of halogens is 1. The third-order valence-corrected chi connectivity index (χ3v) is 7.02. The Bertz CT molecular complexity index is 1240. The van der Waals surface area contributed by atoms with E-state index in [-0.39, 0.29) is 29.9 Å². The maximum Gasteiger partial charge on any atom is 0.331 e. The van der Waals surface area contributed by atoms with E-state index in [2.05, 4.69) is 22.4 Å². The Kier molecular flexibility index (Phi) is 9.20. The molecule has 1 aliphatic heterocycles. The van der Waals surface area contributed by atoms with E-state index in [1.54, 1.807) is 0 Å². The largest absolute Gasteiger partial charge is 0.503 e. The molecule has 0 radical (unpaired) electrons. The summed E-state index contributed by atoms with van der Waals surface area (Å²) in [5, 5.41) is 13.6. The molecule has 0 aliphatic carbocycles. The number of nitrogens with zero attached hydrogens (tertiary/aromatic N) is 1. The summed E-state index contributed by atoms with van der Waals surface area (Å²) in [4.78, 5) is 30.0. The van der Waals surface area contributed by atoms with Crippen LogP contribution in [0.4, 0.5) is 0 Å². The fourth-order valence-corrected chi connectivity index (χ4v) is 4.84. The second-order valence-electron chi connectivity index (χ2n) is 9.36. The highest BCUT2D eigenvalue weighted by molar-refractivity contribution is 6.30. The zero-order valence-corrected chi connectivity index (χ0v) is 22.1. The zero-order chi connectivity index (χ0) is 27.1. The summed E-state index contributed by atoms with van der Waals surface area (Å²) in [6.07, 6.45) is 2.28. The van der Waals surface area contributed by atoms with Gasteiger partial charge in [-0.1, -0.05) is 54.1 Å². The monoisotopic (exact) mass is 538 g/mol. The smallest absolute Gasteiger partial charge is 0.331 e. The standard InChI is InChI=1S/C29H31ClN2O6/c1-18-23(15-19-6-4-3-5-7-19)21(14-20-8-10-22(30)11-9-20)16-37-17-24(29(35)38-18)32-28(34)26-27(33)25(36-2)12-13-31-26/h3-13,18,21,23-24,33H,14-17H2,1-2H3,(H,32,34)/t18-,21-,23-,24-/m0/s1. The number of aromatic nitrogens is 1. The van der Waals surface area contributed by atoms with Crippen molar-refractivity contribution in [2.45, 2.75) is 31.9 Å². The molecule has 1 fully saturated rings. The van der Waals surface area contributed by atoms with Gasteiger partial charge < -0.3 is 24.6 Å². The van der Waals surface area contributed by atoms with E-state index < -0.39 is 29.8 Å². The lowest BCUT2D eigenvalue weighted by Crippen LogP contribution is -2.46. The number of nitrogens with one attached hydrogen (secondary N) is 1. The molecule has 0 bridgehead atoms. The Labute approximate surface area is 226 Å². The van der Waals surface area contributed by atoms with Gasteiger partial charge in [0.1, 0.15) is 6.10 Å². The van der Waals surface area contributed by atoms with Crippen molar-refractivity contribution < 1.29 is 28.9 Å². The number of pyridine rings is 1.